The molecular formula is C48H70N6O12. The molecule has 2 aromatic rings. The number of amides is 2. The van der Waals surface area contributed by atoms with Crippen LogP contribution in [0.4, 0.5) is 9.59 Å². The molecule has 0 aromatic carbocycles. The molecule has 0 radical (unpaired) electrons. The molecule has 2 amide bonds. The van der Waals surface area contributed by atoms with Crippen molar-refractivity contribution in [1.29, 1.82) is 0 Å². The molecule has 0 spiro atoms. The Morgan fingerprint density at radius 1 is 1.06 bits per heavy atom. The smallest absolute Gasteiger partial charge is 0.408 e. The Morgan fingerprint density at radius 2 is 1.76 bits per heavy atom. The number of nitrogens with one attached hydrogen (secondary N) is 2. The number of carbonyl (C=O) groups excluding carboxylic acids is 5. The molecule has 2 aromatic heterocycles. The summed E-state index contributed by atoms with van der Waals surface area (Å²) in [6, 6.07) is 2.06. The first-order valence-corrected chi connectivity index (χ1v) is 23.0. The summed E-state index contributed by atoms with van der Waals surface area (Å²) in [5.74, 6) is -4.91. The molecule has 0 unspecified atom stereocenters. The molecule has 18 nitrogen and oxygen atoms in total. The third-order valence-electron chi connectivity index (χ3n) is 13.2. The Morgan fingerprint density at radius 3 is 2.38 bits per heavy atom. The molecule has 14 atom stereocenters. The number of Topliss-reactive ketones (excluding diaryl/α,β-unsaturated/α-hetero) is 1. The fraction of sp³-hybridized carbons (Fsp3) is 0.667. The van der Waals surface area contributed by atoms with Gasteiger partial charge >= 0.3 is 24.1 Å². The van der Waals surface area contributed by atoms with Crippen LogP contribution in [-0.2, 0) is 49.2 Å². The lowest BCUT2D eigenvalue weighted by Crippen LogP contribution is -2.61. The highest BCUT2D eigenvalue weighted by Crippen LogP contribution is 2.42. The second kappa shape index (κ2) is 22.2. The highest BCUT2D eigenvalue weighted by Gasteiger charge is 2.58. The summed E-state index contributed by atoms with van der Waals surface area (Å²) in [6.07, 6.45) is 2.03. The van der Waals surface area contributed by atoms with E-state index in [0.29, 0.717) is 17.8 Å². The number of hydrogen-bond donors (Lipinski definition) is 3. The number of nitrogens with zero attached hydrogens (tertiary/aromatic N) is 4. The number of aliphatic hydroxyl groups is 1. The van der Waals surface area contributed by atoms with E-state index in [2.05, 4.69) is 25.6 Å². The first-order chi connectivity index (χ1) is 31.1. The quantitative estimate of drug-likeness (QED) is 0.184. The average Bonchev–Trinajstić information content (AvgIpc) is 3.58. The molecule has 3 fully saturated rings. The van der Waals surface area contributed by atoms with Crippen molar-refractivity contribution in [3.05, 3.63) is 59.9 Å². The Hall–Kier alpha value is -5.04. The van der Waals surface area contributed by atoms with Crippen LogP contribution in [-0.4, -0.2) is 136 Å². The van der Waals surface area contributed by atoms with Crippen LogP contribution in [0.15, 0.2) is 43.0 Å². The zero-order valence-corrected chi connectivity index (χ0v) is 40.4. The number of alkyl carbamates (subject to hydrolysis) is 2. The monoisotopic (exact) mass is 923 g/mol. The predicted octanol–water partition coefficient (Wildman–Crippen LogP) is 5.16. The highest BCUT2D eigenvalue weighted by atomic mass is 16.7. The van der Waals surface area contributed by atoms with Crippen LogP contribution in [0.5, 0.6) is 0 Å². The SMILES string of the molecule is CC[C@H]1OC(=O)[C@H](C)[C@@H](OC(=O)Cc2cccnc2)[C@H](C)[C@@H](O[C@@H]2O[C@H](C)C[C@H](N(C)C)[C@H]2O)[C@](C)(OC(=O)NCC=Cc2cnc(C(C)C)nc2)C[C@@H](C)C(=O)[C@H](C)[C@H]2NC(=O)O[C@@]21C. The first kappa shape index (κ1) is 51.9. The van der Waals surface area contributed by atoms with Gasteiger partial charge in [0.25, 0.3) is 0 Å². The number of cyclic esters (lactones) is 1. The summed E-state index contributed by atoms with van der Waals surface area (Å²) >= 11 is 0. The minimum Gasteiger partial charge on any atom is -0.461 e. The number of fused-ring (bicyclic) bond motifs is 1. The van der Waals surface area contributed by atoms with E-state index in [1.165, 1.54) is 6.20 Å². The van der Waals surface area contributed by atoms with Gasteiger partial charge in [0.15, 0.2) is 11.9 Å². The highest BCUT2D eigenvalue weighted by molar-refractivity contribution is 5.85. The molecular weight excluding hydrogens is 853 g/mol. The maximum atomic E-state index is 14.7. The normalized spacial score (nSPS) is 34.5. The Bertz CT molecular complexity index is 2020. The van der Waals surface area contributed by atoms with Gasteiger partial charge in [0.2, 0.25) is 0 Å². The molecule has 3 saturated heterocycles. The van der Waals surface area contributed by atoms with Crippen LogP contribution in [0, 0.1) is 23.7 Å². The summed E-state index contributed by atoms with van der Waals surface area (Å²) < 4.78 is 37.9. The van der Waals surface area contributed by atoms with Crippen molar-refractivity contribution in [3.8, 4) is 0 Å². The van der Waals surface area contributed by atoms with Crippen LogP contribution in [0.25, 0.3) is 6.08 Å². The third kappa shape index (κ3) is 12.3. The van der Waals surface area contributed by atoms with E-state index >= 15 is 0 Å². The number of hydrogen-bond acceptors (Lipinski definition) is 16. The zero-order chi connectivity index (χ0) is 48.7. The minimum absolute atomic E-state index is 0.0237. The van der Waals surface area contributed by atoms with Gasteiger partial charge in [0.1, 0.15) is 41.6 Å². The molecule has 3 N–H and O–H groups in total. The fourth-order valence-electron chi connectivity index (χ4n) is 9.62. The van der Waals surface area contributed by atoms with Crippen LogP contribution in [0.3, 0.4) is 0 Å². The van der Waals surface area contributed by atoms with Crippen molar-refractivity contribution in [2.24, 2.45) is 23.7 Å². The minimum atomic E-state index is -1.77. The second-order valence-corrected chi connectivity index (χ2v) is 19.1. The molecule has 364 valence electrons. The Kier molecular flexibility index (Phi) is 17.4. The molecule has 3 aliphatic heterocycles. The van der Waals surface area contributed by atoms with Crippen molar-refractivity contribution >= 4 is 36.0 Å². The van der Waals surface area contributed by atoms with Crippen molar-refractivity contribution < 1.29 is 57.5 Å². The van der Waals surface area contributed by atoms with Crippen LogP contribution < -0.4 is 10.6 Å². The van der Waals surface area contributed by atoms with Gasteiger partial charge in [-0.3, -0.25) is 19.4 Å². The number of pyridine rings is 1. The molecule has 0 bridgehead atoms. The largest absolute Gasteiger partial charge is 0.461 e. The number of ether oxygens (including phenoxy) is 6. The van der Waals surface area contributed by atoms with E-state index in [1.54, 1.807) is 91.3 Å². The fourth-order valence-corrected chi connectivity index (χ4v) is 9.62. The molecule has 3 aliphatic rings. The van der Waals surface area contributed by atoms with Gasteiger partial charge < -0.3 is 49.1 Å². The molecule has 0 saturated carbocycles. The van der Waals surface area contributed by atoms with Gasteiger partial charge in [-0.1, -0.05) is 59.8 Å². The lowest BCUT2D eigenvalue weighted by Gasteiger charge is -2.48. The summed E-state index contributed by atoms with van der Waals surface area (Å²) in [7, 11) is 3.66. The Labute approximate surface area is 388 Å². The maximum absolute atomic E-state index is 14.7. The maximum Gasteiger partial charge on any atom is 0.408 e. The topological polar surface area (TPSA) is 227 Å². The summed E-state index contributed by atoms with van der Waals surface area (Å²) in [4.78, 5) is 85.0. The van der Waals surface area contributed by atoms with E-state index in [9.17, 15) is 29.1 Å². The molecule has 0 aliphatic carbocycles. The predicted molar refractivity (Wildman–Crippen MR) is 241 cm³/mol. The van der Waals surface area contributed by atoms with E-state index in [1.807, 2.05) is 39.8 Å². The lowest BCUT2D eigenvalue weighted by atomic mass is 9.73. The van der Waals surface area contributed by atoms with Gasteiger partial charge in [0.05, 0.1) is 24.5 Å². The van der Waals surface area contributed by atoms with Gasteiger partial charge in [-0.25, -0.2) is 19.6 Å². The van der Waals surface area contributed by atoms with E-state index in [0.717, 1.165) is 5.56 Å². The van der Waals surface area contributed by atoms with E-state index in [-0.39, 0.29) is 43.6 Å². The molecule has 5 heterocycles. The third-order valence-corrected chi connectivity index (χ3v) is 13.2. The van der Waals surface area contributed by atoms with Crippen molar-refractivity contribution in [3.63, 3.8) is 0 Å². The molecule has 18 heteroatoms. The second-order valence-electron chi connectivity index (χ2n) is 19.1. The zero-order valence-electron chi connectivity index (χ0n) is 40.4. The van der Waals surface area contributed by atoms with Gasteiger partial charge in [-0.2, -0.15) is 0 Å². The van der Waals surface area contributed by atoms with Gasteiger partial charge in [-0.05, 0) is 72.7 Å². The number of aliphatic hydroxyl groups excluding tert-OH is 1. The number of esters is 2. The van der Waals surface area contributed by atoms with Crippen LogP contribution in [0.2, 0.25) is 0 Å². The van der Waals surface area contributed by atoms with Crippen molar-refractivity contribution in [2.75, 3.05) is 20.6 Å². The van der Waals surface area contributed by atoms with Crippen LogP contribution >= 0.6 is 0 Å². The lowest BCUT2D eigenvalue weighted by molar-refractivity contribution is -0.298. The van der Waals surface area contributed by atoms with Gasteiger partial charge in [-0.15, -0.1) is 0 Å². The summed E-state index contributed by atoms with van der Waals surface area (Å²) in [5, 5.41) is 17.4. The summed E-state index contributed by atoms with van der Waals surface area (Å²) in [5.41, 5.74) is -1.97. The van der Waals surface area contributed by atoms with E-state index < -0.39 is 102 Å². The number of aromatic nitrogens is 3. The van der Waals surface area contributed by atoms with Crippen LogP contribution in [0.1, 0.15) is 111 Å². The number of carbonyl (C=O) groups is 5. The van der Waals surface area contributed by atoms with Crippen molar-refractivity contribution in [2.45, 2.75) is 161 Å². The number of ketones is 1. The summed E-state index contributed by atoms with van der Waals surface area (Å²) in [6.45, 7) is 17.5. The first-order valence-electron chi connectivity index (χ1n) is 23.0. The molecule has 66 heavy (non-hydrogen) atoms. The van der Waals surface area contributed by atoms with E-state index in [4.69, 9.17) is 28.4 Å². The average molecular weight is 923 g/mol. The Balaban J connectivity index is 1.61. The standard InChI is InChI=1S/C48H70N6O12/c1-13-35-48(10)40(53-46(60)66-48)29(6)37(56)27(4)22-47(9,65-45(59)50-19-15-17-33-24-51-42(26(2)3)52-25-33)41(64-44-38(57)34(54(11)12)20-28(5)61-44)30(7)39(31(8)43(58)62-35)63-36(55)21-32-16-14-18-49-23-32/h14-18,23-31,34-35,38-41,44,57H,13,19-22H2,1-12H3,(H,50,59)(H,53,60)/t27-,28-,29+,30+,31-,34+,35-,38-,39+,40-,41-,44+,47-,48-/m1/s1. The number of rotatable bonds is 12. The molecule has 5 rings (SSSR count). The number of likely N-dealkylation sites (N-methyl/N-ethyl adjacent to an activating group) is 1. The van der Waals surface area contributed by atoms with Crippen molar-refractivity contribution in [1.82, 2.24) is 30.5 Å². The van der Waals surface area contributed by atoms with Gasteiger partial charge in [0, 0.05) is 66.6 Å².